The number of fused-ring (bicyclic) bond motifs is 1. The minimum absolute atomic E-state index is 0.593. The number of hydrogen-bond acceptors (Lipinski definition) is 5. The van der Waals surface area contributed by atoms with Crippen LogP contribution in [0.1, 0.15) is 5.56 Å². The third-order valence-electron chi connectivity index (χ3n) is 2.58. The monoisotopic (exact) mass is 245 g/mol. The Kier molecular flexibility index (Phi) is 2.41. The largest absolute Gasteiger partial charge is 0.384 e. The van der Waals surface area contributed by atoms with Gasteiger partial charge >= 0.3 is 0 Å². The van der Waals surface area contributed by atoms with Crippen LogP contribution in [0.25, 0.3) is 10.1 Å². The molecule has 0 radical (unpaired) electrons. The number of nitrogens with two attached hydrogens (primary N) is 1. The van der Waals surface area contributed by atoms with Gasteiger partial charge in [0, 0.05) is 28.4 Å². The highest BCUT2D eigenvalue weighted by Crippen LogP contribution is 2.26. The number of aromatic amines is 1. The Bertz CT molecular complexity index is 642. The van der Waals surface area contributed by atoms with Crippen LogP contribution in [0.15, 0.2) is 29.9 Å². The van der Waals surface area contributed by atoms with E-state index in [0.717, 1.165) is 16.8 Å². The van der Waals surface area contributed by atoms with E-state index in [4.69, 9.17) is 5.73 Å². The summed E-state index contributed by atoms with van der Waals surface area (Å²) in [5.41, 5.74) is 6.66. The quantitative estimate of drug-likeness (QED) is 0.661. The van der Waals surface area contributed by atoms with Crippen molar-refractivity contribution < 1.29 is 0 Å². The molecule has 17 heavy (non-hydrogen) atoms. The number of thiophene rings is 1. The lowest BCUT2D eigenvalue weighted by Crippen LogP contribution is -2.02. The number of hydrogen-bond donors (Lipinski definition) is 3. The van der Waals surface area contributed by atoms with Gasteiger partial charge in [0.25, 0.3) is 0 Å². The smallest absolute Gasteiger partial charge is 0.134 e. The van der Waals surface area contributed by atoms with Gasteiger partial charge in [-0.15, -0.1) is 11.3 Å². The van der Waals surface area contributed by atoms with Crippen LogP contribution in [0, 0.1) is 0 Å². The van der Waals surface area contributed by atoms with Crippen molar-refractivity contribution >= 4 is 33.1 Å². The Morgan fingerprint density at radius 2 is 2.35 bits per heavy atom. The molecule has 0 amide bonds. The van der Waals surface area contributed by atoms with Crippen LogP contribution in [-0.4, -0.2) is 15.2 Å². The van der Waals surface area contributed by atoms with Gasteiger partial charge < -0.3 is 11.1 Å². The fourth-order valence-corrected chi connectivity index (χ4v) is 2.46. The number of nitrogen functional groups attached to an aromatic ring is 1. The van der Waals surface area contributed by atoms with E-state index in [-0.39, 0.29) is 0 Å². The van der Waals surface area contributed by atoms with E-state index < -0.39 is 0 Å². The molecule has 0 aliphatic rings. The summed E-state index contributed by atoms with van der Waals surface area (Å²) in [6.07, 6.45) is 3.52. The summed E-state index contributed by atoms with van der Waals surface area (Å²) in [7, 11) is 0. The summed E-state index contributed by atoms with van der Waals surface area (Å²) in [5.74, 6) is 1.47. The average Bonchev–Trinajstić information content (AvgIpc) is 2.95. The van der Waals surface area contributed by atoms with Gasteiger partial charge in [-0.25, -0.2) is 4.98 Å². The highest BCUT2D eigenvalue weighted by atomic mass is 32.1. The average molecular weight is 245 g/mol. The van der Waals surface area contributed by atoms with Crippen molar-refractivity contribution in [2.24, 2.45) is 0 Å². The number of anilines is 2. The molecule has 0 saturated carbocycles. The number of rotatable bonds is 3. The van der Waals surface area contributed by atoms with E-state index in [1.54, 1.807) is 23.7 Å². The van der Waals surface area contributed by atoms with Crippen LogP contribution >= 0.6 is 11.3 Å². The van der Waals surface area contributed by atoms with Crippen LogP contribution in [0.2, 0.25) is 0 Å². The zero-order chi connectivity index (χ0) is 11.7. The number of pyridine rings is 1. The van der Waals surface area contributed by atoms with Crippen molar-refractivity contribution in [1.29, 1.82) is 0 Å². The third kappa shape index (κ3) is 1.83. The van der Waals surface area contributed by atoms with E-state index >= 15 is 0 Å². The maximum absolute atomic E-state index is 5.72. The van der Waals surface area contributed by atoms with Gasteiger partial charge in [0.2, 0.25) is 0 Å². The fraction of sp³-hybridized carbons (Fsp3) is 0.0909. The minimum Gasteiger partial charge on any atom is -0.384 e. The molecule has 3 rings (SSSR count). The van der Waals surface area contributed by atoms with Gasteiger partial charge in [0.05, 0.1) is 6.20 Å². The van der Waals surface area contributed by atoms with Crippen molar-refractivity contribution in [2.45, 2.75) is 6.54 Å². The second kappa shape index (κ2) is 4.06. The first-order valence-corrected chi connectivity index (χ1v) is 6.06. The standard InChI is InChI=1S/C11H11N5S/c12-10-7(6-15-16-10)5-14-11-8-2-4-17-9(8)1-3-13-11/h1-4,6H,5H2,(H,13,14)(H3,12,15,16). The van der Waals surface area contributed by atoms with Crippen LogP contribution in [-0.2, 0) is 6.54 Å². The molecule has 0 atom stereocenters. The molecule has 3 aromatic heterocycles. The summed E-state index contributed by atoms with van der Waals surface area (Å²) >= 11 is 1.70. The highest BCUT2D eigenvalue weighted by molar-refractivity contribution is 7.17. The van der Waals surface area contributed by atoms with Crippen LogP contribution in [0.3, 0.4) is 0 Å². The Morgan fingerprint density at radius 3 is 3.18 bits per heavy atom. The lowest BCUT2D eigenvalue weighted by molar-refractivity contribution is 1.10. The van der Waals surface area contributed by atoms with Crippen molar-refractivity contribution in [3.8, 4) is 0 Å². The second-order valence-electron chi connectivity index (χ2n) is 3.65. The van der Waals surface area contributed by atoms with Gasteiger partial charge in [0.1, 0.15) is 11.6 Å². The normalized spacial score (nSPS) is 10.8. The number of H-pyrrole nitrogens is 1. The van der Waals surface area contributed by atoms with Crippen LogP contribution in [0.4, 0.5) is 11.6 Å². The predicted molar refractivity (Wildman–Crippen MR) is 69.9 cm³/mol. The minimum atomic E-state index is 0.593. The van der Waals surface area contributed by atoms with E-state index in [1.165, 1.54) is 4.70 Å². The molecule has 3 aromatic rings. The summed E-state index contributed by atoms with van der Waals surface area (Å²) in [4.78, 5) is 4.33. The first-order valence-electron chi connectivity index (χ1n) is 5.18. The molecule has 0 aliphatic carbocycles. The Hall–Kier alpha value is -2.08. The van der Waals surface area contributed by atoms with Crippen molar-refractivity contribution in [1.82, 2.24) is 15.2 Å². The number of nitrogens with zero attached hydrogens (tertiary/aromatic N) is 2. The van der Waals surface area contributed by atoms with Crippen LogP contribution < -0.4 is 11.1 Å². The van der Waals surface area contributed by atoms with Gasteiger partial charge in [-0.3, -0.25) is 5.10 Å². The topological polar surface area (TPSA) is 79.6 Å². The van der Waals surface area contributed by atoms with E-state index in [0.29, 0.717) is 12.4 Å². The predicted octanol–water partition coefficient (Wildman–Crippen LogP) is 2.21. The Labute approximate surface area is 102 Å². The fourth-order valence-electron chi connectivity index (χ4n) is 1.68. The molecule has 0 aromatic carbocycles. The first kappa shape index (κ1) is 10.1. The highest BCUT2D eigenvalue weighted by Gasteiger charge is 2.05. The number of aromatic nitrogens is 3. The lowest BCUT2D eigenvalue weighted by atomic mass is 10.3. The number of nitrogens with one attached hydrogen (secondary N) is 2. The summed E-state index contributed by atoms with van der Waals surface area (Å²) in [6.45, 7) is 0.615. The van der Waals surface area contributed by atoms with Crippen LogP contribution in [0.5, 0.6) is 0 Å². The SMILES string of the molecule is Nc1[nH]ncc1CNc1nccc2sccc12. The first-order chi connectivity index (χ1) is 8.34. The Morgan fingerprint density at radius 1 is 1.41 bits per heavy atom. The summed E-state index contributed by atoms with van der Waals surface area (Å²) < 4.78 is 1.22. The molecule has 0 bridgehead atoms. The molecule has 4 N–H and O–H groups in total. The van der Waals surface area contributed by atoms with Crippen molar-refractivity contribution in [2.75, 3.05) is 11.1 Å². The van der Waals surface area contributed by atoms with Gasteiger partial charge in [-0.2, -0.15) is 5.10 Å². The van der Waals surface area contributed by atoms with Gasteiger partial charge in [-0.05, 0) is 17.5 Å². The molecule has 6 heteroatoms. The van der Waals surface area contributed by atoms with E-state index in [2.05, 4.69) is 31.9 Å². The van der Waals surface area contributed by atoms with Crippen molar-refractivity contribution in [3.63, 3.8) is 0 Å². The van der Waals surface area contributed by atoms with E-state index in [1.807, 2.05) is 6.07 Å². The molecule has 0 spiro atoms. The lowest BCUT2D eigenvalue weighted by Gasteiger charge is -2.05. The molecule has 0 aliphatic heterocycles. The summed E-state index contributed by atoms with van der Waals surface area (Å²) in [5, 5.41) is 13.1. The maximum Gasteiger partial charge on any atom is 0.134 e. The zero-order valence-electron chi connectivity index (χ0n) is 8.97. The molecule has 3 heterocycles. The second-order valence-corrected chi connectivity index (χ2v) is 4.60. The van der Waals surface area contributed by atoms with Gasteiger partial charge in [0.15, 0.2) is 0 Å². The molecule has 0 fully saturated rings. The molecule has 0 unspecified atom stereocenters. The molecule has 5 nitrogen and oxygen atoms in total. The molecule has 0 saturated heterocycles. The summed E-state index contributed by atoms with van der Waals surface area (Å²) in [6, 6.07) is 4.07. The third-order valence-corrected chi connectivity index (χ3v) is 3.46. The van der Waals surface area contributed by atoms with Gasteiger partial charge in [-0.1, -0.05) is 0 Å². The zero-order valence-corrected chi connectivity index (χ0v) is 9.79. The van der Waals surface area contributed by atoms with Crippen molar-refractivity contribution in [3.05, 3.63) is 35.5 Å². The molecular formula is C11H11N5S. The maximum atomic E-state index is 5.72. The molecular weight excluding hydrogens is 234 g/mol. The van der Waals surface area contributed by atoms with E-state index in [9.17, 15) is 0 Å². The Balaban J connectivity index is 1.86. The molecule has 86 valence electrons.